The minimum absolute atomic E-state index is 0.0491. The molecule has 2 rings (SSSR count). The van der Waals surface area contributed by atoms with E-state index in [9.17, 15) is 14.7 Å². The highest BCUT2D eigenvalue weighted by molar-refractivity contribution is 6.35. The van der Waals surface area contributed by atoms with E-state index in [1.54, 1.807) is 18.2 Å². The van der Waals surface area contributed by atoms with E-state index in [4.69, 9.17) is 23.2 Å². The van der Waals surface area contributed by atoms with Crippen LogP contribution in [0.25, 0.3) is 0 Å². The van der Waals surface area contributed by atoms with Gasteiger partial charge in [-0.15, -0.1) is 0 Å². The number of benzene rings is 1. The monoisotopic (exact) mass is 272 g/mol. The molecule has 1 saturated heterocycles. The van der Waals surface area contributed by atoms with Crippen molar-refractivity contribution in [1.29, 1.82) is 0 Å². The van der Waals surface area contributed by atoms with E-state index >= 15 is 0 Å². The highest BCUT2D eigenvalue weighted by Crippen LogP contribution is 2.29. The van der Waals surface area contributed by atoms with Crippen LogP contribution >= 0.6 is 23.2 Å². The van der Waals surface area contributed by atoms with Crippen LogP contribution in [0.2, 0.25) is 10.0 Å². The summed E-state index contributed by atoms with van der Waals surface area (Å²) in [6.07, 6.45) is -0.0491. The van der Waals surface area contributed by atoms with Crippen LogP contribution in [0.15, 0.2) is 18.2 Å². The number of carboxylic acid groups (broad SMARTS) is 1. The van der Waals surface area contributed by atoms with Crippen molar-refractivity contribution >= 4 is 40.8 Å². The van der Waals surface area contributed by atoms with E-state index in [2.05, 4.69) is 0 Å². The third kappa shape index (κ3) is 2.53. The third-order valence-electron chi connectivity index (χ3n) is 2.62. The molecule has 90 valence electrons. The van der Waals surface area contributed by atoms with Gasteiger partial charge in [0.15, 0.2) is 0 Å². The topological polar surface area (TPSA) is 60.4 Å². The number of nitrogens with zero attached hydrogens (tertiary/aromatic N) is 1. The summed E-state index contributed by atoms with van der Waals surface area (Å²) < 4.78 is 0. The van der Waals surface area contributed by atoms with Crippen LogP contribution in [0.1, 0.15) is 6.42 Å². The number of anilines is 1. The molecule has 0 saturated carbocycles. The van der Waals surface area contributed by atoms with Gasteiger partial charge in [-0.2, -0.15) is 0 Å². The smallest absolute Gasteiger partial charge is 0.227 e. The van der Waals surface area contributed by atoms with Crippen LogP contribution in [0.5, 0.6) is 0 Å². The van der Waals surface area contributed by atoms with Crippen molar-refractivity contribution in [2.75, 3.05) is 11.4 Å². The molecule has 1 aromatic carbocycles. The zero-order valence-corrected chi connectivity index (χ0v) is 10.2. The first kappa shape index (κ1) is 12.2. The predicted molar refractivity (Wildman–Crippen MR) is 61.9 cm³/mol. The molecule has 0 N–H and O–H groups in total. The molecule has 1 aliphatic heterocycles. The number of halogens is 2. The van der Waals surface area contributed by atoms with Gasteiger partial charge in [0.2, 0.25) is 5.91 Å². The fourth-order valence-corrected chi connectivity index (χ4v) is 2.32. The lowest BCUT2D eigenvalue weighted by atomic mass is 10.1. The van der Waals surface area contributed by atoms with Gasteiger partial charge in [-0.25, -0.2) is 0 Å². The van der Waals surface area contributed by atoms with Gasteiger partial charge in [0.25, 0.3) is 0 Å². The van der Waals surface area contributed by atoms with Crippen molar-refractivity contribution in [2.45, 2.75) is 6.42 Å². The summed E-state index contributed by atoms with van der Waals surface area (Å²) in [5.41, 5.74) is 0.510. The molecule has 1 fully saturated rings. The van der Waals surface area contributed by atoms with Gasteiger partial charge in [0.05, 0.1) is 0 Å². The van der Waals surface area contributed by atoms with Crippen molar-refractivity contribution in [1.82, 2.24) is 0 Å². The summed E-state index contributed by atoms with van der Waals surface area (Å²) in [6, 6.07) is 4.69. The van der Waals surface area contributed by atoms with Crippen LogP contribution in [-0.4, -0.2) is 18.4 Å². The first-order valence-corrected chi connectivity index (χ1v) is 5.70. The first-order valence-electron chi connectivity index (χ1n) is 4.94. The number of rotatable bonds is 2. The summed E-state index contributed by atoms with van der Waals surface area (Å²) in [7, 11) is 0. The summed E-state index contributed by atoms with van der Waals surface area (Å²) >= 11 is 11.6. The van der Waals surface area contributed by atoms with E-state index < -0.39 is 11.9 Å². The molecule has 0 radical (unpaired) electrons. The minimum Gasteiger partial charge on any atom is -0.550 e. The molecule has 0 aromatic heterocycles. The molecule has 1 atom stereocenters. The van der Waals surface area contributed by atoms with Crippen LogP contribution < -0.4 is 10.0 Å². The zero-order valence-electron chi connectivity index (χ0n) is 8.65. The lowest BCUT2D eigenvalue weighted by Gasteiger charge is -2.17. The van der Waals surface area contributed by atoms with Crippen molar-refractivity contribution in [3.63, 3.8) is 0 Å². The van der Waals surface area contributed by atoms with E-state index in [0.29, 0.717) is 15.7 Å². The number of carbonyl (C=O) groups excluding carboxylic acids is 2. The molecule has 17 heavy (non-hydrogen) atoms. The van der Waals surface area contributed by atoms with E-state index in [-0.39, 0.29) is 18.9 Å². The minimum atomic E-state index is -1.21. The highest BCUT2D eigenvalue weighted by atomic mass is 35.5. The summed E-state index contributed by atoms with van der Waals surface area (Å²) in [5, 5.41) is 11.5. The molecule has 4 nitrogen and oxygen atoms in total. The maximum Gasteiger partial charge on any atom is 0.227 e. The molecule has 1 aromatic rings. The molecule has 1 heterocycles. The Kier molecular flexibility index (Phi) is 3.26. The normalized spacial score (nSPS) is 19.8. The molecule has 1 amide bonds. The van der Waals surface area contributed by atoms with Crippen molar-refractivity contribution < 1.29 is 14.7 Å². The number of aliphatic carboxylic acids is 1. The van der Waals surface area contributed by atoms with Gasteiger partial charge in [0.1, 0.15) is 0 Å². The average molecular weight is 273 g/mol. The molecular weight excluding hydrogens is 265 g/mol. The van der Waals surface area contributed by atoms with Gasteiger partial charge in [-0.3, -0.25) is 4.79 Å². The second-order valence-corrected chi connectivity index (χ2v) is 4.72. The molecule has 0 spiro atoms. The Bertz CT molecular complexity index is 469. The number of carboxylic acids is 1. The Balaban J connectivity index is 2.28. The lowest BCUT2D eigenvalue weighted by molar-refractivity contribution is -0.310. The summed E-state index contributed by atoms with van der Waals surface area (Å²) in [4.78, 5) is 23.7. The quantitative estimate of drug-likeness (QED) is 0.810. The van der Waals surface area contributed by atoms with Crippen LogP contribution in [-0.2, 0) is 9.59 Å². The maximum absolute atomic E-state index is 11.7. The summed E-state index contributed by atoms with van der Waals surface area (Å²) in [6.45, 7) is 0.0951. The Morgan fingerprint density at radius 1 is 1.29 bits per heavy atom. The Morgan fingerprint density at radius 2 is 1.88 bits per heavy atom. The first-order chi connectivity index (χ1) is 7.97. The molecule has 1 aliphatic rings. The van der Waals surface area contributed by atoms with Crippen LogP contribution in [0.3, 0.4) is 0 Å². The largest absolute Gasteiger partial charge is 0.550 e. The SMILES string of the molecule is O=C([O-])C1CC(=O)N(c2cc(Cl)cc(Cl)c2)C1. The van der Waals surface area contributed by atoms with Gasteiger partial charge in [0, 0.05) is 40.6 Å². The fourth-order valence-electron chi connectivity index (χ4n) is 1.81. The number of hydrogen-bond donors (Lipinski definition) is 0. The average Bonchev–Trinajstić information content (AvgIpc) is 2.59. The molecule has 0 bridgehead atoms. The summed E-state index contributed by atoms with van der Waals surface area (Å²) in [5.74, 6) is -2.26. The van der Waals surface area contributed by atoms with Gasteiger partial charge in [-0.05, 0) is 18.2 Å². The molecule has 6 heteroatoms. The van der Waals surface area contributed by atoms with E-state index in [1.165, 1.54) is 4.90 Å². The standard InChI is InChI=1S/C11H9Cl2NO3/c12-7-2-8(13)4-9(3-7)14-5-6(11(16)17)1-10(14)15/h2-4,6H,1,5H2,(H,16,17)/p-1. The maximum atomic E-state index is 11.7. The Morgan fingerprint density at radius 3 is 2.35 bits per heavy atom. The highest BCUT2D eigenvalue weighted by Gasteiger charge is 2.31. The molecular formula is C11H8Cl2NO3-. The molecule has 1 unspecified atom stereocenters. The Labute approximate surface area is 108 Å². The predicted octanol–water partition coefficient (Wildman–Crippen LogP) is 1.10. The second-order valence-electron chi connectivity index (χ2n) is 3.85. The van der Waals surface area contributed by atoms with Gasteiger partial charge in [-0.1, -0.05) is 23.2 Å². The van der Waals surface area contributed by atoms with Crippen molar-refractivity contribution in [2.24, 2.45) is 5.92 Å². The fraction of sp³-hybridized carbons (Fsp3) is 0.273. The van der Waals surface area contributed by atoms with Gasteiger partial charge < -0.3 is 14.8 Å². The Hall–Kier alpha value is -1.26. The lowest BCUT2D eigenvalue weighted by Crippen LogP contribution is -2.33. The molecule has 0 aliphatic carbocycles. The number of carbonyl (C=O) groups is 2. The van der Waals surface area contributed by atoms with E-state index in [1.807, 2.05) is 0 Å². The van der Waals surface area contributed by atoms with Crippen LogP contribution in [0, 0.1) is 5.92 Å². The number of hydrogen-bond acceptors (Lipinski definition) is 3. The zero-order chi connectivity index (χ0) is 12.6. The third-order valence-corrected chi connectivity index (χ3v) is 3.05. The second kappa shape index (κ2) is 4.55. The van der Waals surface area contributed by atoms with Crippen molar-refractivity contribution in [3.8, 4) is 0 Å². The van der Waals surface area contributed by atoms with Crippen LogP contribution in [0.4, 0.5) is 5.69 Å². The number of amides is 1. The van der Waals surface area contributed by atoms with Gasteiger partial charge >= 0.3 is 0 Å². The van der Waals surface area contributed by atoms with E-state index in [0.717, 1.165) is 0 Å². The van der Waals surface area contributed by atoms with Crippen molar-refractivity contribution in [3.05, 3.63) is 28.2 Å².